The van der Waals surface area contributed by atoms with Gasteiger partial charge in [-0.3, -0.25) is 10.0 Å². The van der Waals surface area contributed by atoms with Gasteiger partial charge in [-0.1, -0.05) is 13.0 Å². The maximum absolute atomic E-state index is 10.7. The fourth-order valence-electron chi connectivity index (χ4n) is 1.34. The zero-order valence-corrected chi connectivity index (χ0v) is 9.01. The van der Waals surface area contributed by atoms with Crippen LogP contribution in [0.5, 0.6) is 0 Å². The summed E-state index contributed by atoms with van der Waals surface area (Å²) < 4.78 is 0. The van der Waals surface area contributed by atoms with Crippen LogP contribution in [0, 0.1) is 0 Å². The highest BCUT2D eigenvalue weighted by molar-refractivity contribution is 7.10. The van der Waals surface area contributed by atoms with Gasteiger partial charge in [-0.05, 0) is 30.2 Å². The second-order valence-corrected chi connectivity index (χ2v) is 4.32. The predicted molar refractivity (Wildman–Crippen MR) is 56.5 cm³/mol. The first-order valence-corrected chi connectivity index (χ1v) is 5.58. The van der Waals surface area contributed by atoms with Gasteiger partial charge in [-0.15, -0.1) is 11.3 Å². The molecule has 0 radical (unpaired) electrons. The topological polar surface area (TPSA) is 49.3 Å². The summed E-state index contributed by atoms with van der Waals surface area (Å²) in [4.78, 5) is 12.1. The van der Waals surface area contributed by atoms with Gasteiger partial charge in [-0.2, -0.15) is 0 Å². The third-order valence-electron chi connectivity index (χ3n) is 2.19. The van der Waals surface area contributed by atoms with E-state index >= 15 is 0 Å². The molecule has 1 unspecified atom stereocenters. The molecule has 0 spiro atoms. The molecule has 0 saturated heterocycles. The molecule has 1 heterocycles. The molecule has 1 aromatic heterocycles. The number of hydroxylamine groups is 1. The quantitative estimate of drug-likeness (QED) is 0.583. The van der Waals surface area contributed by atoms with Gasteiger partial charge in [0.1, 0.15) is 0 Å². The third kappa shape index (κ3) is 3.47. The number of amides is 1. The number of thiophene rings is 1. The zero-order valence-electron chi connectivity index (χ0n) is 8.19. The Morgan fingerprint density at radius 2 is 2.50 bits per heavy atom. The normalized spacial score (nSPS) is 12.4. The molecule has 0 bridgehead atoms. The average Bonchev–Trinajstić information content (AvgIpc) is 2.70. The van der Waals surface area contributed by atoms with Gasteiger partial charge in [0.2, 0.25) is 5.91 Å². The number of hydrogen-bond acceptors (Lipinski definition) is 3. The van der Waals surface area contributed by atoms with Gasteiger partial charge in [0, 0.05) is 11.3 Å². The molecule has 14 heavy (non-hydrogen) atoms. The third-order valence-corrected chi connectivity index (χ3v) is 3.30. The molecule has 0 aliphatic carbocycles. The Bertz CT molecular complexity index is 272. The highest BCUT2D eigenvalue weighted by Gasteiger charge is 2.07. The van der Waals surface area contributed by atoms with E-state index in [0.29, 0.717) is 12.3 Å². The molecular formula is C10H15NO2S. The minimum Gasteiger partial charge on any atom is -0.289 e. The van der Waals surface area contributed by atoms with E-state index in [2.05, 4.69) is 18.4 Å². The smallest absolute Gasteiger partial charge is 0.243 e. The van der Waals surface area contributed by atoms with E-state index in [-0.39, 0.29) is 5.91 Å². The number of rotatable bonds is 5. The summed E-state index contributed by atoms with van der Waals surface area (Å²) >= 11 is 1.75. The van der Waals surface area contributed by atoms with E-state index in [9.17, 15) is 4.79 Å². The summed E-state index contributed by atoms with van der Waals surface area (Å²) in [5, 5.41) is 10.3. The maximum Gasteiger partial charge on any atom is 0.243 e. The molecule has 3 nitrogen and oxygen atoms in total. The Morgan fingerprint density at radius 1 is 1.71 bits per heavy atom. The molecule has 2 N–H and O–H groups in total. The average molecular weight is 213 g/mol. The van der Waals surface area contributed by atoms with Crippen LogP contribution in [-0.4, -0.2) is 11.1 Å². The van der Waals surface area contributed by atoms with Crippen molar-refractivity contribution >= 4 is 17.2 Å². The molecule has 0 aromatic carbocycles. The lowest BCUT2D eigenvalue weighted by molar-refractivity contribution is -0.129. The second kappa shape index (κ2) is 5.78. The number of carbonyl (C=O) groups excluding carboxylic acids is 1. The van der Waals surface area contributed by atoms with E-state index in [1.165, 1.54) is 4.88 Å². The summed E-state index contributed by atoms with van der Waals surface area (Å²) in [5.74, 6) is 0.199. The first-order chi connectivity index (χ1) is 6.74. The molecule has 0 fully saturated rings. The lowest BCUT2D eigenvalue weighted by Gasteiger charge is -2.07. The molecule has 78 valence electrons. The molecule has 1 amide bonds. The van der Waals surface area contributed by atoms with E-state index < -0.39 is 0 Å². The minimum atomic E-state index is -0.302. The van der Waals surface area contributed by atoms with E-state index in [4.69, 9.17) is 5.21 Å². The van der Waals surface area contributed by atoms with Crippen LogP contribution in [0.15, 0.2) is 17.5 Å². The largest absolute Gasteiger partial charge is 0.289 e. The summed E-state index contributed by atoms with van der Waals surface area (Å²) in [6.45, 7) is 2.16. The monoisotopic (exact) mass is 213 g/mol. The van der Waals surface area contributed by atoms with Gasteiger partial charge in [0.05, 0.1) is 0 Å². The van der Waals surface area contributed by atoms with E-state index in [1.807, 2.05) is 6.07 Å². The standard InChI is InChI=1S/C10H15NO2S/c1-8(9-5-3-7-14-9)4-2-6-10(12)11-13/h3,5,7-8,13H,2,4,6H2,1H3,(H,11,12). The van der Waals surface area contributed by atoms with Crippen LogP contribution in [0.2, 0.25) is 0 Å². The molecule has 1 rings (SSSR count). The highest BCUT2D eigenvalue weighted by Crippen LogP contribution is 2.25. The summed E-state index contributed by atoms with van der Waals surface area (Å²) in [7, 11) is 0. The molecule has 0 saturated carbocycles. The first-order valence-electron chi connectivity index (χ1n) is 4.70. The van der Waals surface area contributed by atoms with Crippen LogP contribution in [0.4, 0.5) is 0 Å². The van der Waals surface area contributed by atoms with Crippen LogP contribution in [-0.2, 0) is 4.79 Å². The SMILES string of the molecule is CC(CCCC(=O)NO)c1cccs1. The van der Waals surface area contributed by atoms with E-state index in [0.717, 1.165) is 12.8 Å². The highest BCUT2D eigenvalue weighted by atomic mass is 32.1. The van der Waals surface area contributed by atoms with Crippen molar-refractivity contribution in [2.45, 2.75) is 32.1 Å². The Kier molecular flexibility index (Phi) is 4.62. The predicted octanol–water partition coefficient (Wildman–Crippen LogP) is 2.53. The van der Waals surface area contributed by atoms with Crippen LogP contribution in [0.25, 0.3) is 0 Å². The Labute approximate surface area is 87.7 Å². The lowest BCUT2D eigenvalue weighted by atomic mass is 10.0. The van der Waals surface area contributed by atoms with Crippen molar-refractivity contribution in [1.29, 1.82) is 0 Å². The van der Waals surface area contributed by atoms with Gasteiger partial charge in [0.15, 0.2) is 0 Å². The molecule has 0 aliphatic heterocycles. The molecule has 4 heteroatoms. The number of hydrogen-bond donors (Lipinski definition) is 2. The van der Waals surface area contributed by atoms with Gasteiger partial charge in [-0.25, -0.2) is 5.48 Å². The Morgan fingerprint density at radius 3 is 3.07 bits per heavy atom. The van der Waals surface area contributed by atoms with E-state index in [1.54, 1.807) is 16.8 Å². The minimum absolute atomic E-state index is 0.302. The van der Waals surface area contributed by atoms with Crippen molar-refractivity contribution in [3.05, 3.63) is 22.4 Å². The van der Waals surface area contributed by atoms with Gasteiger partial charge in [0.25, 0.3) is 0 Å². The van der Waals surface area contributed by atoms with Crippen LogP contribution < -0.4 is 5.48 Å². The van der Waals surface area contributed by atoms with Gasteiger partial charge < -0.3 is 0 Å². The van der Waals surface area contributed by atoms with Crippen molar-refractivity contribution in [2.24, 2.45) is 0 Å². The summed E-state index contributed by atoms with van der Waals surface area (Å²) in [6, 6.07) is 4.15. The van der Waals surface area contributed by atoms with Crippen molar-refractivity contribution in [3.63, 3.8) is 0 Å². The molecule has 1 atom stereocenters. The van der Waals surface area contributed by atoms with Crippen LogP contribution >= 0.6 is 11.3 Å². The number of nitrogens with one attached hydrogen (secondary N) is 1. The summed E-state index contributed by atoms with van der Waals surface area (Å²) in [5.41, 5.74) is 1.64. The lowest BCUT2D eigenvalue weighted by Crippen LogP contribution is -2.17. The van der Waals surface area contributed by atoms with Crippen molar-refractivity contribution in [3.8, 4) is 0 Å². The first kappa shape index (κ1) is 11.2. The fraction of sp³-hybridized carbons (Fsp3) is 0.500. The van der Waals surface area contributed by atoms with Crippen LogP contribution in [0.1, 0.15) is 37.0 Å². The Balaban J connectivity index is 2.22. The molecule has 1 aromatic rings. The maximum atomic E-state index is 10.7. The van der Waals surface area contributed by atoms with Crippen molar-refractivity contribution < 1.29 is 10.0 Å². The molecular weight excluding hydrogens is 198 g/mol. The van der Waals surface area contributed by atoms with Crippen molar-refractivity contribution in [1.82, 2.24) is 5.48 Å². The van der Waals surface area contributed by atoms with Crippen LogP contribution in [0.3, 0.4) is 0 Å². The Hall–Kier alpha value is -0.870. The second-order valence-electron chi connectivity index (χ2n) is 3.34. The fourth-order valence-corrected chi connectivity index (χ4v) is 2.16. The molecule has 0 aliphatic rings. The zero-order chi connectivity index (χ0) is 10.4. The number of carbonyl (C=O) groups is 1. The summed E-state index contributed by atoms with van der Waals surface area (Å²) in [6.07, 6.45) is 2.19. The van der Waals surface area contributed by atoms with Crippen molar-refractivity contribution in [2.75, 3.05) is 0 Å². The van der Waals surface area contributed by atoms with Gasteiger partial charge >= 0.3 is 0 Å².